The fourth-order valence-corrected chi connectivity index (χ4v) is 4.39. The van der Waals surface area contributed by atoms with Crippen molar-refractivity contribution in [3.05, 3.63) is 69.3 Å². The molecule has 2 N–H and O–H groups in total. The molecule has 2 amide bonds. The second-order valence-corrected chi connectivity index (χ2v) is 8.84. The van der Waals surface area contributed by atoms with Gasteiger partial charge in [-0.2, -0.15) is 0 Å². The molecule has 1 heterocycles. The maximum absolute atomic E-state index is 12.5. The van der Waals surface area contributed by atoms with Gasteiger partial charge in [0, 0.05) is 17.2 Å². The summed E-state index contributed by atoms with van der Waals surface area (Å²) in [5.74, 6) is -1.46. The highest BCUT2D eigenvalue weighted by Gasteiger charge is 2.19. The molecule has 3 rings (SSSR count). The van der Waals surface area contributed by atoms with E-state index in [0.29, 0.717) is 10.0 Å². The minimum absolute atomic E-state index is 0.0102. The second kappa shape index (κ2) is 11.3. The highest BCUT2D eigenvalue weighted by atomic mass is 32.2. The molecule has 0 aliphatic heterocycles. The number of thioether (sulfide) groups is 1. The van der Waals surface area contributed by atoms with Gasteiger partial charge in [-0.25, -0.2) is 4.79 Å². The lowest BCUT2D eigenvalue weighted by Crippen LogP contribution is -2.17. The number of para-hydroxylation sites is 1. The van der Waals surface area contributed by atoms with E-state index in [0.717, 1.165) is 23.1 Å². The zero-order chi connectivity index (χ0) is 24.7. The quantitative estimate of drug-likeness (QED) is 0.146. The fourth-order valence-electron chi connectivity index (χ4n) is 2.84. The number of aromatic nitrogens is 2. The Morgan fingerprint density at radius 1 is 1.09 bits per heavy atom. The van der Waals surface area contributed by atoms with Crippen LogP contribution in [0.25, 0.3) is 0 Å². The van der Waals surface area contributed by atoms with Crippen LogP contribution in [0.4, 0.5) is 16.5 Å². The maximum atomic E-state index is 12.5. The van der Waals surface area contributed by atoms with Crippen molar-refractivity contribution in [1.82, 2.24) is 10.2 Å². The third-order valence-electron chi connectivity index (χ3n) is 4.40. The Labute approximate surface area is 202 Å². The summed E-state index contributed by atoms with van der Waals surface area (Å²) in [5, 5.41) is 24.3. The minimum atomic E-state index is -0.554. The molecule has 34 heavy (non-hydrogen) atoms. The first-order valence-corrected chi connectivity index (χ1v) is 11.7. The van der Waals surface area contributed by atoms with Gasteiger partial charge in [0.2, 0.25) is 11.0 Å². The highest BCUT2D eigenvalue weighted by molar-refractivity contribution is 8.01. The van der Waals surface area contributed by atoms with E-state index in [2.05, 4.69) is 20.8 Å². The van der Waals surface area contributed by atoms with Crippen LogP contribution in [0.1, 0.15) is 33.2 Å². The van der Waals surface area contributed by atoms with Gasteiger partial charge in [-0.1, -0.05) is 41.3 Å². The summed E-state index contributed by atoms with van der Waals surface area (Å²) in [4.78, 5) is 47.4. The van der Waals surface area contributed by atoms with Crippen molar-refractivity contribution < 1.29 is 24.0 Å². The van der Waals surface area contributed by atoms with E-state index in [1.54, 1.807) is 31.2 Å². The number of nitrogens with zero attached hydrogens (tertiary/aromatic N) is 3. The van der Waals surface area contributed by atoms with Gasteiger partial charge in [0.1, 0.15) is 0 Å². The number of esters is 1. The first-order valence-electron chi connectivity index (χ1n) is 9.87. The number of rotatable bonds is 9. The summed E-state index contributed by atoms with van der Waals surface area (Å²) >= 11 is 2.16. The summed E-state index contributed by atoms with van der Waals surface area (Å²) in [6.45, 7) is 3.40. The number of benzene rings is 2. The molecule has 0 spiro atoms. The molecule has 0 bridgehead atoms. The van der Waals surface area contributed by atoms with Crippen LogP contribution < -0.4 is 10.6 Å². The van der Waals surface area contributed by atoms with Gasteiger partial charge in [-0.15, -0.1) is 10.2 Å². The average Bonchev–Trinajstić information content (AvgIpc) is 3.25. The van der Waals surface area contributed by atoms with Crippen molar-refractivity contribution in [3.8, 4) is 0 Å². The number of carbonyl (C=O) groups excluding carboxylic acids is 3. The van der Waals surface area contributed by atoms with Gasteiger partial charge in [-0.05, 0) is 32.0 Å². The molecule has 3 aromatic rings. The van der Waals surface area contributed by atoms with Crippen LogP contribution in [0.2, 0.25) is 0 Å². The third kappa shape index (κ3) is 6.14. The topological polar surface area (TPSA) is 153 Å². The summed E-state index contributed by atoms with van der Waals surface area (Å²) in [7, 11) is 0. The van der Waals surface area contributed by atoms with E-state index in [9.17, 15) is 24.5 Å². The van der Waals surface area contributed by atoms with Crippen molar-refractivity contribution in [3.63, 3.8) is 0 Å². The van der Waals surface area contributed by atoms with Crippen LogP contribution in [-0.4, -0.2) is 45.3 Å². The first kappa shape index (κ1) is 24.8. The average molecular weight is 502 g/mol. The number of ether oxygens (including phenoxy) is 1. The monoisotopic (exact) mass is 501 g/mol. The van der Waals surface area contributed by atoms with E-state index in [4.69, 9.17) is 4.74 Å². The SMILES string of the molecule is CCOC(=O)c1ccccc1NC(=O)CSc1nnc(NC(=O)c2cccc([N+](=O)[O-])c2C)s1. The first-order chi connectivity index (χ1) is 16.3. The molecule has 0 unspecified atom stereocenters. The van der Waals surface area contributed by atoms with Crippen molar-refractivity contribution in [2.24, 2.45) is 0 Å². The van der Waals surface area contributed by atoms with Crippen LogP contribution in [-0.2, 0) is 9.53 Å². The smallest absolute Gasteiger partial charge is 0.340 e. The number of amides is 2. The number of carbonyl (C=O) groups is 3. The molecular weight excluding hydrogens is 482 g/mol. The zero-order valence-electron chi connectivity index (χ0n) is 18.1. The Morgan fingerprint density at radius 2 is 1.82 bits per heavy atom. The van der Waals surface area contributed by atoms with Crippen molar-refractivity contribution in [2.75, 3.05) is 23.0 Å². The molecule has 2 aromatic carbocycles. The second-order valence-electron chi connectivity index (χ2n) is 6.64. The van der Waals surface area contributed by atoms with E-state index < -0.39 is 16.8 Å². The molecule has 0 fully saturated rings. The van der Waals surface area contributed by atoms with Crippen LogP contribution in [0, 0.1) is 17.0 Å². The van der Waals surface area contributed by atoms with Gasteiger partial charge >= 0.3 is 5.97 Å². The molecule has 13 heteroatoms. The predicted octanol–water partition coefficient (Wildman–Crippen LogP) is 3.91. The van der Waals surface area contributed by atoms with Gasteiger partial charge in [0.25, 0.3) is 11.6 Å². The minimum Gasteiger partial charge on any atom is -0.462 e. The number of hydrogen-bond donors (Lipinski definition) is 2. The Morgan fingerprint density at radius 3 is 2.56 bits per heavy atom. The Hall–Kier alpha value is -3.84. The number of hydrogen-bond acceptors (Lipinski definition) is 10. The molecule has 0 saturated carbocycles. The maximum Gasteiger partial charge on any atom is 0.340 e. The molecular formula is C21H19N5O6S2. The lowest BCUT2D eigenvalue weighted by Gasteiger charge is -2.09. The standard InChI is InChI=1S/C21H19N5O6S2/c1-3-32-19(29)14-7-4-5-9-15(14)22-17(27)11-33-21-25-24-20(34-21)23-18(28)13-8-6-10-16(12(13)2)26(30)31/h4-10H,3,11H2,1-2H3,(H,22,27)(H,23,24,28). The molecule has 0 saturated heterocycles. The van der Waals surface area contributed by atoms with Gasteiger partial charge in [0.05, 0.1) is 28.5 Å². The summed E-state index contributed by atoms with van der Waals surface area (Å²) in [5.41, 5.74) is 0.822. The Kier molecular flexibility index (Phi) is 8.27. The Balaban J connectivity index is 1.59. The van der Waals surface area contributed by atoms with E-state index >= 15 is 0 Å². The largest absolute Gasteiger partial charge is 0.462 e. The van der Waals surface area contributed by atoms with Gasteiger partial charge in [-0.3, -0.25) is 25.0 Å². The fraction of sp³-hybridized carbons (Fsp3) is 0.190. The van der Waals surface area contributed by atoms with Gasteiger partial charge < -0.3 is 10.1 Å². The van der Waals surface area contributed by atoms with Crippen molar-refractivity contribution >= 4 is 57.4 Å². The lowest BCUT2D eigenvalue weighted by molar-refractivity contribution is -0.385. The summed E-state index contributed by atoms with van der Waals surface area (Å²) < 4.78 is 5.42. The van der Waals surface area contributed by atoms with Crippen LogP contribution in [0.15, 0.2) is 46.8 Å². The normalized spacial score (nSPS) is 10.4. The summed E-state index contributed by atoms with van der Waals surface area (Å²) in [6.07, 6.45) is 0. The number of anilines is 2. The van der Waals surface area contributed by atoms with E-state index in [1.165, 1.54) is 25.1 Å². The molecule has 11 nitrogen and oxygen atoms in total. The predicted molar refractivity (Wildman–Crippen MR) is 127 cm³/mol. The number of nitro benzene ring substituents is 1. The third-order valence-corrected chi connectivity index (χ3v) is 6.37. The molecule has 0 atom stereocenters. The van der Waals surface area contributed by atoms with E-state index in [-0.39, 0.29) is 45.8 Å². The molecule has 0 aliphatic carbocycles. The van der Waals surface area contributed by atoms with Crippen molar-refractivity contribution in [1.29, 1.82) is 0 Å². The molecule has 1 aromatic heterocycles. The van der Waals surface area contributed by atoms with Crippen LogP contribution in [0.5, 0.6) is 0 Å². The highest BCUT2D eigenvalue weighted by Crippen LogP contribution is 2.27. The molecule has 176 valence electrons. The van der Waals surface area contributed by atoms with Crippen molar-refractivity contribution in [2.45, 2.75) is 18.2 Å². The molecule has 0 radical (unpaired) electrons. The van der Waals surface area contributed by atoms with Gasteiger partial charge in [0.15, 0.2) is 4.34 Å². The number of nitrogens with one attached hydrogen (secondary N) is 2. The Bertz CT molecular complexity index is 1250. The van der Waals surface area contributed by atoms with E-state index in [1.807, 2.05) is 0 Å². The van der Waals surface area contributed by atoms with Crippen LogP contribution >= 0.6 is 23.1 Å². The van der Waals surface area contributed by atoms with Crippen LogP contribution in [0.3, 0.4) is 0 Å². The zero-order valence-corrected chi connectivity index (χ0v) is 19.7. The molecule has 0 aliphatic rings. The lowest BCUT2D eigenvalue weighted by atomic mass is 10.1. The summed E-state index contributed by atoms with van der Waals surface area (Å²) in [6, 6.07) is 10.7. The number of nitro groups is 1.